The molecule has 7 nitrogen and oxygen atoms in total. The highest BCUT2D eigenvalue weighted by Crippen LogP contribution is 2.30. The monoisotopic (exact) mass is 311 g/mol. The molecule has 3 heterocycles. The molecule has 0 aromatic carbocycles. The van der Waals surface area contributed by atoms with Gasteiger partial charge in [0.2, 0.25) is 10.0 Å². The van der Waals surface area contributed by atoms with Crippen molar-refractivity contribution in [2.75, 3.05) is 17.2 Å². The van der Waals surface area contributed by atoms with Crippen LogP contribution in [0.1, 0.15) is 5.56 Å². The van der Waals surface area contributed by atoms with E-state index >= 15 is 0 Å². The average molecular weight is 311 g/mol. The fraction of sp³-hybridized carbons (Fsp3) is 0.364. The topological polar surface area (TPSA) is 89.8 Å². The van der Waals surface area contributed by atoms with Gasteiger partial charge in [-0.1, -0.05) is 11.8 Å². The molecule has 3 rings (SSSR count). The Morgan fingerprint density at radius 2 is 2.25 bits per heavy atom. The number of rotatable bonds is 3. The van der Waals surface area contributed by atoms with Gasteiger partial charge in [0, 0.05) is 24.4 Å². The molecule has 106 valence electrons. The first-order chi connectivity index (χ1) is 9.46. The van der Waals surface area contributed by atoms with Crippen LogP contribution in [-0.4, -0.2) is 40.7 Å². The molecule has 0 bridgehead atoms. The van der Waals surface area contributed by atoms with Crippen LogP contribution in [0.2, 0.25) is 0 Å². The Bertz CT molecular complexity index is 769. The van der Waals surface area contributed by atoms with E-state index in [0.717, 1.165) is 29.6 Å². The van der Waals surface area contributed by atoms with Crippen LogP contribution in [0.25, 0.3) is 11.4 Å². The zero-order chi connectivity index (χ0) is 14.3. The van der Waals surface area contributed by atoms with E-state index in [0.29, 0.717) is 17.5 Å². The van der Waals surface area contributed by atoms with Crippen molar-refractivity contribution in [2.24, 2.45) is 0 Å². The third-order valence-electron chi connectivity index (χ3n) is 2.93. The van der Waals surface area contributed by atoms with Gasteiger partial charge >= 0.3 is 0 Å². The summed E-state index contributed by atoms with van der Waals surface area (Å²) >= 11 is 1.47. The van der Waals surface area contributed by atoms with E-state index in [1.807, 2.05) is 12.5 Å². The molecular formula is C11H13N5O2S2. The first kappa shape index (κ1) is 13.4. The predicted octanol–water partition coefficient (Wildman–Crippen LogP) is 0.990. The van der Waals surface area contributed by atoms with Gasteiger partial charge in [-0.2, -0.15) is 5.10 Å². The maximum atomic E-state index is 11.3. The minimum Gasteiger partial charge on any atom is -0.266 e. The van der Waals surface area contributed by atoms with Gasteiger partial charge in [-0.05, 0) is 12.7 Å². The van der Waals surface area contributed by atoms with Gasteiger partial charge in [-0.25, -0.2) is 18.4 Å². The van der Waals surface area contributed by atoms with E-state index in [1.165, 1.54) is 11.8 Å². The molecule has 9 heteroatoms. The van der Waals surface area contributed by atoms with Crippen LogP contribution in [0.3, 0.4) is 0 Å². The van der Waals surface area contributed by atoms with Crippen LogP contribution in [0, 0.1) is 0 Å². The summed E-state index contributed by atoms with van der Waals surface area (Å²) in [5.74, 6) is 0.319. The zero-order valence-electron chi connectivity index (χ0n) is 11.0. The summed E-state index contributed by atoms with van der Waals surface area (Å²) in [4.78, 5) is 8.76. The van der Waals surface area contributed by atoms with Crippen molar-refractivity contribution in [2.45, 2.75) is 18.1 Å². The summed E-state index contributed by atoms with van der Waals surface area (Å²) in [6.07, 6.45) is 5.64. The number of aromatic nitrogens is 4. The zero-order valence-corrected chi connectivity index (χ0v) is 12.6. The standard InChI is InChI=1S/C11H13N5O2S2/c1-19-11-12-6-7-3-4-16-8(10(7)13-11)5-9(14-16)15-20(2,17)18/h5-6H,3-4H2,1-2H3,(H,14,15). The number of anilines is 1. The number of aryl methyl sites for hydroxylation is 2. The van der Waals surface area contributed by atoms with Crippen LogP contribution in [0.4, 0.5) is 5.82 Å². The first-order valence-electron chi connectivity index (χ1n) is 5.92. The number of fused-ring (bicyclic) bond motifs is 3. The minimum atomic E-state index is -3.33. The van der Waals surface area contributed by atoms with Crippen molar-refractivity contribution in [1.82, 2.24) is 19.7 Å². The lowest BCUT2D eigenvalue weighted by atomic mass is 10.1. The van der Waals surface area contributed by atoms with Gasteiger partial charge in [-0.3, -0.25) is 9.40 Å². The predicted molar refractivity (Wildman–Crippen MR) is 77.2 cm³/mol. The maximum Gasteiger partial charge on any atom is 0.231 e. The molecule has 0 fully saturated rings. The van der Waals surface area contributed by atoms with Gasteiger partial charge in [0.15, 0.2) is 11.0 Å². The fourth-order valence-electron chi connectivity index (χ4n) is 2.14. The van der Waals surface area contributed by atoms with Crippen LogP contribution in [0.5, 0.6) is 0 Å². The molecule has 0 atom stereocenters. The van der Waals surface area contributed by atoms with Gasteiger partial charge in [-0.15, -0.1) is 0 Å². The normalized spacial score (nSPS) is 13.7. The van der Waals surface area contributed by atoms with Crippen molar-refractivity contribution < 1.29 is 8.42 Å². The highest BCUT2D eigenvalue weighted by molar-refractivity contribution is 7.98. The molecule has 0 saturated carbocycles. The number of hydrogen-bond donors (Lipinski definition) is 1. The smallest absolute Gasteiger partial charge is 0.231 e. The van der Waals surface area contributed by atoms with Crippen LogP contribution < -0.4 is 4.72 Å². The number of thioether (sulfide) groups is 1. The third kappa shape index (κ3) is 2.50. The molecule has 1 aliphatic rings. The Kier molecular flexibility index (Phi) is 3.17. The summed E-state index contributed by atoms with van der Waals surface area (Å²) in [6, 6.07) is 1.70. The molecule has 2 aromatic rings. The van der Waals surface area contributed by atoms with Crippen molar-refractivity contribution in [3.63, 3.8) is 0 Å². The molecule has 0 amide bonds. The molecule has 0 saturated heterocycles. The lowest BCUT2D eigenvalue weighted by Crippen LogP contribution is -2.14. The largest absolute Gasteiger partial charge is 0.266 e. The van der Waals surface area contributed by atoms with Crippen LogP contribution in [0.15, 0.2) is 17.4 Å². The summed E-state index contributed by atoms with van der Waals surface area (Å²) in [5.41, 5.74) is 2.70. The minimum absolute atomic E-state index is 0.319. The summed E-state index contributed by atoms with van der Waals surface area (Å²) in [5, 5.41) is 4.94. The molecule has 0 radical (unpaired) electrons. The average Bonchev–Trinajstić information content (AvgIpc) is 2.78. The molecule has 1 N–H and O–H groups in total. The first-order valence-corrected chi connectivity index (χ1v) is 9.04. The Hall–Kier alpha value is -1.61. The van der Waals surface area contributed by atoms with E-state index in [-0.39, 0.29) is 0 Å². The molecule has 0 spiro atoms. The molecule has 1 aliphatic heterocycles. The van der Waals surface area contributed by atoms with E-state index in [2.05, 4.69) is 19.8 Å². The van der Waals surface area contributed by atoms with Crippen molar-refractivity contribution in [3.05, 3.63) is 17.8 Å². The molecule has 0 unspecified atom stereocenters. The maximum absolute atomic E-state index is 11.3. The summed E-state index contributed by atoms with van der Waals surface area (Å²) in [6.45, 7) is 0.690. The Labute approximate surface area is 120 Å². The van der Waals surface area contributed by atoms with E-state index < -0.39 is 10.0 Å². The number of nitrogens with one attached hydrogen (secondary N) is 1. The third-order valence-corrected chi connectivity index (χ3v) is 4.07. The van der Waals surface area contributed by atoms with Crippen molar-refractivity contribution >= 4 is 27.6 Å². The molecular weight excluding hydrogens is 298 g/mol. The number of hydrogen-bond acceptors (Lipinski definition) is 6. The number of sulfonamides is 1. The quantitative estimate of drug-likeness (QED) is 0.671. The van der Waals surface area contributed by atoms with Gasteiger partial charge in [0.1, 0.15) is 0 Å². The fourth-order valence-corrected chi connectivity index (χ4v) is 2.96. The van der Waals surface area contributed by atoms with Crippen molar-refractivity contribution in [3.8, 4) is 11.4 Å². The summed E-state index contributed by atoms with van der Waals surface area (Å²) in [7, 11) is -3.33. The Morgan fingerprint density at radius 1 is 1.45 bits per heavy atom. The van der Waals surface area contributed by atoms with Crippen LogP contribution >= 0.6 is 11.8 Å². The van der Waals surface area contributed by atoms with Crippen LogP contribution in [-0.2, 0) is 23.0 Å². The molecule has 0 aliphatic carbocycles. The van der Waals surface area contributed by atoms with Gasteiger partial charge < -0.3 is 0 Å². The Balaban J connectivity index is 2.07. The highest BCUT2D eigenvalue weighted by atomic mass is 32.2. The van der Waals surface area contributed by atoms with E-state index in [4.69, 9.17) is 0 Å². The number of nitrogens with zero attached hydrogens (tertiary/aromatic N) is 4. The highest BCUT2D eigenvalue weighted by Gasteiger charge is 2.21. The SMILES string of the molecule is CSc1ncc2c(n1)-c1cc(NS(C)(=O)=O)nn1CC2. The van der Waals surface area contributed by atoms with E-state index in [9.17, 15) is 8.42 Å². The second-order valence-corrected chi connectivity index (χ2v) is 7.01. The van der Waals surface area contributed by atoms with E-state index in [1.54, 1.807) is 10.7 Å². The Morgan fingerprint density at radius 3 is 2.95 bits per heavy atom. The van der Waals surface area contributed by atoms with Crippen molar-refractivity contribution in [1.29, 1.82) is 0 Å². The van der Waals surface area contributed by atoms with Gasteiger partial charge in [0.05, 0.1) is 17.6 Å². The van der Waals surface area contributed by atoms with Gasteiger partial charge in [0.25, 0.3) is 0 Å². The second-order valence-electron chi connectivity index (χ2n) is 4.49. The molecule has 2 aromatic heterocycles. The lowest BCUT2D eigenvalue weighted by molar-refractivity contribution is 0.598. The molecule has 20 heavy (non-hydrogen) atoms. The summed E-state index contributed by atoms with van der Waals surface area (Å²) < 4.78 is 26.7. The lowest BCUT2D eigenvalue weighted by Gasteiger charge is -2.16. The second kappa shape index (κ2) is 4.74.